The highest BCUT2D eigenvalue weighted by atomic mass is 16.5. The molecule has 202 valence electrons. The normalized spacial score (nSPS) is 20.2. The van der Waals surface area contributed by atoms with Crippen LogP contribution in [0.4, 0.5) is 0 Å². The van der Waals surface area contributed by atoms with Crippen LogP contribution in [0.3, 0.4) is 0 Å². The van der Waals surface area contributed by atoms with Gasteiger partial charge in [-0.3, -0.25) is 14.5 Å². The molecule has 1 saturated heterocycles. The summed E-state index contributed by atoms with van der Waals surface area (Å²) >= 11 is 0. The fourth-order valence-corrected chi connectivity index (χ4v) is 4.90. The zero-order chi connectivity index (χ0) is 26.9. The van der Waals surface area contributed by atoms with Gasteiger partial charge < -0.3 is 15.0 Å². The Kier molecular flexibility index (Phi) is 12.5. The molecule has 1 aliphatic heterocycles. The van der Waals surface area contributed by atoms with Crippen LogP contribution >= 0.6 is 0 Å². The number of hydrogen-bond donors (Lipinski definition) is 1. The van der Waals surface area contributed by atoms with E-state index in [-0.39, 0.29) is 35.8 Å². The van der Waals surface area contributed by atoms with Crippen molar-refractivity contribution >= 4 is 17.8 Å². The monoisotopic (exact) mass is 493 g/mol. The Bertz CT molecular complexity index is 741. The second-order valence-electron chi connectivity index (χ2n) is 11.4. The number of esters is 1. The van der Waals surface area contributed by atoms with E-state index in [1.54, 1.807) is 31.9 Å². The molecular weight excluding hydrogens is 442 g/mol. The molecule has 1 fully saturated rings. The standard InChI is InChI=1S/C28H51N3O4/c1-11-15-21(6)31-17-14-13-16-22(31)25(32)29-24(28(7,8)9)26(33)30(10)23(19(3)4)18-20(5)27(34)35-12-2/h18-19,21-24H,11-17H2,1-10H3,(H,29,32)/b20-18+/t21?,22?,23-,24-/m1/s1. The van der Waals surface area contributed by atoms with Gasteiger partial charge in [-0.1, -0.05) is 60.5 Å². The van der Waals surface area contributed by atoms with E-state index in [1.165, 1.54) is 0 Å². The van der Waals surface area contributed by atoms with Gasteiger partial charge >= 0.3 is 5.97 Å². The first-order valence-electron chi connectivity index (χ1n) is 13.4. The van der Waals surface area contributed by atoms with Gasteiger partial charge in [0, 0.05) is 18.7 Å². The second kappa shape index (κ2) is 14.0. The third kappa shape index (κ3) is 8.93. The summed E-state index contributed by atoms with van der Waals surface area (Å²) in [6, 6.07) is -0.851. The Morgan fingerprint density at radius 2 is 1.77 bits per heavy atom. The topological polar surface area (TPSA) is 79.0 Å². The van der Waals surface area contributed by atoms with E-state index in [9.17, 15) is 14.4 Å². The maximum Gasteiger partial charge on any atom is 0.333 e. The molecule has 35 heavy (non-hydrogen) atoms. The van der Waals surface area contributed by atoms with Crippen molar-refractivity contribution in [3.63, 3.8) is 0 Å². The smallest absolute Gasteiger partial charge is 0.333 e. The number of carbonyl (C=O) groups excluding carboxylic acids is 3. The Hall–Kier alpha value is -1.89. The van der Waals surface area contributed by atoms with Crippen molar-refractivity contribution in [1.29, 1.82) is 0 Å². The molecule has 0 bridgehead atoms. The lowest BCUT2D eigenvalue weighted by molar-refractivity contribution is -0.142. The van der Waals surface area contributed by atoms with Crippen LogP contribution in [-0.4, -0.2) is 72.0 Å². The fourth-order valence-electron chi connectivity index (χ4n) is 4.90. The summed E-state index contributed by atoms with van der Waals surface area (Å²) in [6.07, 6.45) is 6.87. The predicted octanol–water partition coefficient (Wildman–Crippen LogP) is 4.55. The predicted molar refractivity (Wildman–Crippen MR) is 142 cm³/mol. The number of hydrogen-bond acceptors (Lipinski definition) is 5. The molecule has 0 saturated carbocycles. The molecule has 1 N–H and O–H groups in total. The van der Waals surface area contributed by atoms with Gasteiger partial charge in [-0.2, -0.15) is 0 Å². The summed E-state index contributed by atoms with van der Waals surface area (Å²) in [5.41, 5.74) is 0.000973. The first kappa shape index (κ1) is 31.1. The zero-order valence-corrected chi connectivity index (χ0v) is 23.9. The molecule has 4 atom stereocenters. The van der Waals surface area contributed by atoms with E-state index in [0.29, 0.717) is 18.2 Å². The molecule has 0 aromatic rings. The van der Waals surface area contributed by atoms with E-state index in [4.69, 9.17) is 4.74 Å². The number of likely N-dealkylation sites (N-methyl/N-ethyl adjacent to an activating group) is 1. The lowest BCUT2D eigenvalue weighted by atomic mass is 9.84. The molecule has 1 aliphatic rings. The Labute approximate surface area is 214 Å². The molecule has 0 aromatic carbocycles. The molecule has 0 aliphatic carbocycles. The molecule has 2 unspecified atom stereocenters. The van der Waals surface area contributed by atoms with Crippen LogP contribution < -0.4 is 5.32 Å². The van der Waals surface area contributed by atoms with Crippen LogP contribution in [0.15, 0.2) is 11.6 Å². The van der Waals surface area contributed by atoms with Crippen LogP contribution in [-0.2, 0) is 19.1 Å². The SMILES string of the molecule is CCCC(C)N1CCCCC1C(=O)N[C@H](C(=O)N(C)[C@H](/C=C(\C)C(=O)OCC)C(C)C)C(C)(C)C. The lowest BCUT2D eigenvalue weighted by Crippen LogP contribution is -2.60. The zero-order valence-electron chi connectivity index (χ0n) is 23.9. The van der Waals surface area contributed by atoms with E-state index in [0.717, 1.165) is 38.6 Å². The molecular formula is C28H51N3O4. The van der Waals surface area contributed by atoms with Crippen molar-refractivity contribution in [2.75, 3.05) is 20.2 Å². The third-order valence-electron chi connectivity index (χ3n) is 7.02. The summed E-state index contributed by atoms with van der Waals surface area (Å²) in [7, 11) is 1.75. The lowest BCUT2D eigenvalue weighted by Gasteiger charge is -2.41. The summed E-state index contributed by atoms with van der Waals surface area (Å²) in [5, 5.41) is 3.14. The molecule has 0 radical (unpaired) electrons. The number of rotatable bonds is 11. The number of likely N-dealkylation sites (tertiary alicyclic amines) is 1. The van der Waals surface area contributed by atoms with E-state index < -0.39 is 11.5 Å². The largest absolute Gasteiger partial charge is 0.463 e. The minimum atomic E-state index is -0.678. The van der Waals surface area contributed by atoms with Crippen LogP contribution in [0.25, 0.3) is 0 Å². The number of piperidine rings is 1. The van der Waals surface area contributed by atoms with Gasteiger partial charge in [0.25, 0.3) is 0 Å². The Morgan fingerprint density at radius 1 is 1.14 bits per heavy atom. The van der Waals surface area contributed by atoms with Gasteiger partial charge in [-0.25, -0.2) is 4.79 Å². The van der Waals surface area contributed by atoms with E-state index in [1.807, 2.05) is 34.6 Å². The maximum atomic E-state index is 13.8. The summed E-state index contributed by atoms with van der Waals surface area (Å²) in [4.78, 5) is 43.5. The maximum absolute atomic E-state index is 13.8. The van der Waals surface area contributed by atoms with Crippen molar-refractivity contribution < 1.29 is 19.1 Å². The molecule has 1 heterocycles. The van der Waals surface area contributed by atoms with Gasteiger partial charge in [0.05, 0.1) is 18.7 Å². The highest BCUT2D eigenvalue weighted by Gasteiger charge is 2.40. The number of amides is 2. The average molecular weight is 494 g/mol. The minimum Gasteiger partial charge on any atom is -0.463 e. The Morgan fingerprint density at radius 3 is 2.29 bits per heavy atom. The summed E-state index contributed by atoms with van der Waals surface area (Å²) in [5.74, 6) is -0.512. The molecule has 1 rings (SSSR count). The Balaban J connectivity index is 3.16. The van der Waals surface area contributed by atoms with E-state index >= 15 is 0 Å². The van der Waals surface area contributed by atoms with Crippen molar-refractivity contribution in [1.82, 2.24) is 15.1 Å². The van der Waals surface area contributed by atoms with Crippen molar-refractivity contribution in [2.45, 2.75) is 119 Å². The second-order valence-corrected chi connectivity index (χ2v) is 11.4. The van der Waals surface area contributed by atoms with Crippen molar-refractivity contribution in [3.05, 3.63) is 11.6 Å². The molecule has 7 nitrogen and oxygen atoms in total. The first-order chi connectivity index (χ1) is 16.3. The first-order valence-corrected chi connectivity index (χ1v) is 13.4. The van der Waals surface area contributed by atoms with Crippen LogP contribution in [0.2, 0.25) is 0 Å². The van der Waals surface area contributed by atoms with Crippen LogP contribution in [0.1, 0.15) is 94.4 Å². The summed E-state index contributed by atoms with van der Waals surface area (Å²) in [6.45, 7) is 19.0. The highest BCUT2D eigenvalue weighted by Crippen LogP contribution is 2.26. The molecule has 7 heteroatoms. The fraction of sp³-hybridized carbons (Fsp3) is 0.821. The van der Waals surface area contributed by atoms with Gasteiger partial charge in [0.2, 0.25) is 11.8 Å². The van der Waals surface area contributed by atoms with Gasteiger partial charge in [0.1, 0.15) is 6.04 Å². The molecule has 0 aromatic heterocycles. The number of nitrogens with zero attached hydrogens (tertiary/aromatic N) is 2. The van der Waals surface area contributed by atoms with Gasteiger partial charge in [-0.05, 0) is 57.9 Å². The number of ether oxygens (including phenoxy) is 1. The van der Waals surface area contributed by atoms with Gasteiger partial charge in [-0.15, -0.1) is 0 Å². The molecule has 0 spiro atoms. The third-order valence-corrected chi connectivity index (χ3v) is 7.02. The quantitative estimate of drug-likeness (QED) is 0.337. The minimum absolute atomic E-state index is 0.0614. The van der Waals surface area contributed by atoms with Crippen LogP contribution in [0.5, 0.6) is 0 Å². The van der Waals surface area contributed by atoms with Crippen molar-refractivity contribution in [2.24, 2.45) is 11.3 Å². The number of carbonyl (C=O) groups is 3. The average Bonchev–Trinajstić information content (AvgIpc) is 2.79. The molecule has 2 amide bonds. The van der Waals surface area contributed by atoms with E-state index in [2.05, 4.69) is 24.1 Å². The number of nitrogens with one attached hydrogen (secondary N) is 1. The van der Waals surface area contributed by atoms with Gasteiger partial charge in [0.15, 0.2) is 0 Å². The van der Waals surface area contributed by atoms with Crippen molar-refractivity contribution in [3.8, 4) is 0 Å². The highest BCUT2D eigenvalue weighted by molar-refractivity contribution is 5.91. The van der Waals surface area contributed by atoms with Crippen LogP contribution in [0, 0.1) is 11.3 Å². The summed E-state index contributed by atoms with van der Waals surface area (Å²) < 4.78 is 5.12.